The number of hydrogen-bond donors (Lipinski definition) is 3. The molecule has 1 heterocycles. The molecule has 1 atom stereocenters. The van der Waals surface area contributed by atoms with Crippen LogP contribution in [0.2, 0.25) is 0 Å². The Morgan fingerprint density at radius 1 is 1.20 bits per heavy atom. The van der Waals surface area contributed by atoms with E-state index in [1.165, 1.54) is 12.1 Å². The second kappa shape index (κ2) is 4.72. The summed E-state index contributed by atoms with van der Waals surface area (Å²) in [6.45, 7) is 5.60. The van der Waals surface area contributed by atoms with Gasteiger partial charge in [-0.25, -0.2) is 0 Å². The highest BCUT2D eigenvalue weighted by Crippen LogP contribution is 2.22. The Labute approximate surface area is 116 Å². The molecule has 0 aliphatic carbocycles. The minimum absolute atomic E-state index is 0.261. The molecule has 0 saturated heterocycles. The predicted octanol–water partition coefficient (Wildman–Crippen LogP) is 0.882. The molecule has 0 unspecified atom stereocenters. The molecule has 6 heteroatoms. The smallest absolute Gasteiger partial charge is 0.259 e. The maximum atomic E-state index is 12.0. The summed E-state index contributed by atoms with van der Waals surface area (Å²) in [5.41, 5.74) is 6.51. The molecule has 1 aliphatic heterocycles. The van der Waals surface area contributed by atoms with Crippen LogP contribution in [0.25, 0.3) is 0 Å². The third-order valence-electron chi connectivity index (χ3n) is 3.22. The van der Waals surface area contributed by atoms with Gasteiger partial charge in [0.15, 0.2) is 0 Å². The summed E-state index contributed by atoms with van der Waals surface area (Å²) in [5, 5.41) is 4.85. The van der Waals surface area contributed by atoms with E-state index in [0.717, 1.165) is 0 Å². The van der Waals surface area contributed by atoms with E-state index in [1.54, 1.807) is 6.07 Å². The predicted molar refractivity (Wildman–Crippen MR) is 74.3 cm³/mol. The number of rotatable bonds is 2. The molecule has 1 aromatic carbocycles. The molecule has 1 aliphatic rings. The van der Waals surface area contributed by atoms with Gasteiger partial charge in [0.05, 0.1) is 17.2 Å². The van der Waals surface area contributed by atoms with Crippen molar-refractivity contribution >= 4 is 23.4 Å². The van der Waals surface area contributed by atoms with E-state index in [1.807, 2.05) is 20.8 Å². The first-order chi connectivity index (χ1) is 9.20. The van der Waals surface area contributed by atoms with Crippen LogP contribution in [-0.4, -0.2) is 23.8 Å². The summed E-state index contributed by atoms with van der Waals surface area (Å²) in [6, 6.07) is 3.88. The van der Waals surface area contributed by atoms with Gasteiger partial charge in [0, 0.05) is 5.69 Å². The van der Waals surface area contributed by atoms with Gasteiger partial charge < -0.3 is 11.1 Å². The molecule has 20 heavy (non-hydrogen) atoms. The zero-order valence-corrected chi connectivity index (χ0v) is 11.6. The third kappa shape index (κ3) is 2.55. The highest BCUT2D eigenvalue weighted by Gasteiger charge is 2.29. The first kappa shape index (κ1) is 14.2. The lowest BCUT2D eigenvalue weighted by molar-refractivity contribution is -0.119. The molecule has 0 saturated carbocycles. The molecule has 6 nitrogen and oxygen atoms in total. The Morgan fingerprint density at radius 3 is 2.40 bits per heavy atom. The van der Waals surface area contributed by atoms with E-state index in [4.69, 9.17) is 5.73 Å². The Hall–Kier alpha value is -2.21. The van der Waals surface area contributed by atoms with Gasteiger partial charge in [-0.15, -0.1) is 0 Å². The maximum absolute atomic E-state index is 12.0. The minimum Gasteiger partial charge on any atom is -0.325 e. The topological polar surface area (TPSA) is 101 Å². The quantitative estimate of drug-likeness (QED) is 0.697. The first-order valence-corrected chi connectivity index (χ1v) is 6.26. The highest BCUT2D eigenvalue weighted by atomic mass is 16.2. The molecule has 0 bridgehead atoms. The van der Waals surface area contributed by atoms with Gasteiger partial charge in [-0.3, -0.25) is 19.7 Å². The normalized spacial score (nSPS) is 15.6. The number of nitrogens with two attached hydrogens (primary N) is 1. The van der Waals surface area contributed by atoms with Crippen LogP contribution in [-0.2, 0) is 4.79 Å². The lowest BCUT2D eigenvalue weighted by Crippen LogP contribution is -2.45. The minimum atomic E-state index is -0.675. The monoisotopic (exact) mass is 275 g/mol. The molecule has 2 rings (SSSR count). The van der Waals surface area contributed by atoms with Crippen molar-refractivity contribution in [2.24, 2.45) is 11.1 Å². The summed E-state index contributed by atoms with van der Waals surface area (Å²) < 4.78 is 0. The fraction of sp³-hybridized carbons (Fsp3) is 0.357. The van der Waals surface area contributed by atoms with Crippen molar-refractivity contribution in [1.29, 1.82) is 0 Å². The van der Waals surface area contributed by atoms with Crippen molar-refractivity contribution in [3.05, 3.63) is 29.3 Å². The summed E-state index contributed by atoms with van der Waals surface area (Å²) in [7, 11) is 0. The van der Waals surface area contributed by atoms with E-state index in [9.17, 15) is 14.4 Å². The number of benzene rings is 1. The third-order valence-corrected chi connectivity index (χ3v) is 3.22. The van der Waals surface area contributed by atoms with E-state index in [0.29, 0.717) is 11.3 Å². The average Bonchev–Trinajstić information content (AvgIpc) is 2.62. The van der Waals surface area contributed by atoms with Gasteiger partial charge in [0.25, 0.3) is 11.8 Å². The lowest BCUT2D eigenvalue weighted by Gasteiger charge is -2.25. The zero-order valence-electron chi connectivity index (χ0n) is 11.6. The second-order valence-electron chi connectivity index (χ2n) is 5.88. The fourth-order valence-corrected chi connectivity index (χ4v) is 1.86. The van der Waals surface area contributed by atoms with Crippen LogP contribution in [0.4, 0.5) is 5.69 Å². The molecule has 4 N–H and O–H groups in total. The first-order valence-electron chi connectivity index (χ1n) is 6.26. The number of hydrogen-bond acceptors (Lipinski definition) is 4. The molecule has 0 spiro atoms. The van der Waals surface area contributed by atoms with E-state index >= 15 is 0 Å². The Bertz CT molecular complexity index is 602. The molecule has 106 valence electrons. The van der Waals surface area contributed by atoms with Crippen molar-refractivity contribution in [3.63, 3.8) is 0 Å². The van der Waals surface area contributed by atoms with Gasteiger partial charge >= 0.3 is 0 Å². The van der Waals surface area contributed by atoms with Gasteiger partial charge in [-0.05, 0) is 23.6 Å². The van der Waals surface area contributed by atoms with Crippen LogP contribution in [0.1, 0.15) is 41.5 Å². The average molecular weight is 275 g/mol. The van der Waals surface area contributed by atoms with Crippen molar-refractivity contribution < 1.29 is 14.4 Å². The number of imide groups is 1. The van der Waals surface area contributed by atoms with Crippen LogP contribution in [0, 0.1) is 5.41 Å². The molecule has 0 fully saturated rings. The molecular formula is C14H17N3O3. The van der Waals surface area contributed by atoms with Crippen LogP contribution in [0.15, 0.2) is 18.2 Å². The molecule has 0 aromatic heterocycles. The number of fused-ring (bicyclic) bond motifs is 1. The van der Waals surface area contributed by atoms with Gasteiger partial charge in [0.1, 0.15) is 0 Å². The van der Waals surface area contributed by atoms with Crippen LogP contribution < -0.4 is 16.4 Å². The summed E-state index contributed by atoms with van der Waals surface area (Å²) in [6.07, 6.45) is 0. The van der Waals surface area contributed by atoms with Crippen molar-refractivity contribution in [3.8, 4) is 0 Å². The van der Waals surface area contributed by atoms with Gasteiger partial charge in [0.2, 0.25) is 5.91 Å². The largest absolute Gasteiger partial charge is 0.325 e. The van der Waals surface area contributed by atoms with Crippen LogP contribution in [0.3, 0.4) is 0 Å². The molecule has 1 aromatic rings. The number of carbonyl (C=O) groups is 3. The van der Waals surface area contributed by atoms with Gasteiger partial charge in [-0.2, -0.15) is 0 Å². The highest BCUT2D eigenvalue weighted by molar-refractivity contribution is 6.22. The van der Waals surface area contributed by atoms with Crippen LogP contribution >= 0.6 is 0 Å². The Balaban J connectivity index is 2.20. The summed E-state index contributed by atoms with van der Waals surface area (Å²) in [4.78, 5) is 34.9. The fourth-order valence-electron chi connectivity index (χ4n) is 1.86. The van der Waals surface area contributed by atoms with Crippen molar-refractivity contribution in [2.75, 3.05) is 5.32 Å². The van der Waals surface area contributed by atoms with Crippen molar-refractivity contribution in [2.45, 2.75) is 26.8 Å². The maximum Gasteiger partial charge on any atom is 0.259 e. The summed E-state index contributed by atoms with van der Waals surface area (Å²) in [5.74, 6) is -1.21. The zero-order chi connectivity index (χ0) is 15.1. The molecular weight excluding hydrogens is 258 g/mol. The van der Waals surface area contributed by atoms with E-state index in [2.05, 4.69) is 10.6 Å². The standard InChI is InChI=1S/C14H17N3O3/c1-14(2,3)10(15)13(20)16-7-4-5-8-9(6-7)12(19)17-11(8)18/h4-6,10H,15H2,1-3H3,(H,16,20)(H,17,18,19)/t10-/m1/s1. The van der Waals surface area contributed by atoms with Gasteiger partial charge in [-0.1, -0.05) is 20.8 Å². The number of nitrogens with one attached hydrogen (secondary N) is 2. The second-order valence-corrected chi connectivity index (χ2v) is 5.88. The number of carbonyl (C=O) groups excluding carboxylic acids is 3. The Morgan fingerprint density at radius 2 is 1.80 bits per heavy atom. The Kier molecular flexibility index (Phi) is 3.35. The summed E-state index contributed by atoms with van der Waals surface area (Å²) >= 11 is 0. The number of amides is 3. The van der Waals surface area contributed by atoms with E-state index < -0.39 is 17.9 Å². The molecule has 3 amide bonds. The van der Waals surface area contributed by atoms with E-state index in [-0.39, 0.29) is 16.9 Å². The number of anilines is 1. The lowest BCUT2D eigenvalue weighted by atomic mass is 9.87. The molecule has 0 radical (unpaired) electrons. The van der Waals surface area contributed by atoms with Crippen LogP contribution in [0.5, 0.6) is 0 Å². The SMILES string of the molecule is CC(C)(C)[C@H](N)C(=O)Nc1ccc2c(c1)C(=O)NC2=O. The van der Waals surface area contributed by atoms with Crippen molar-refractivity contribution in [1.82, 2.24) is 5.32 Å².